The molecule has 1 fully saturated rings. The van der Waals surface area contributed by atoms with Gasteiger partial charge in [0, 0.05) is 37.3 Å². The standard InChI is InChI=1S/C24H28N2O5/c1-30-19-7-8-20(22(16-19)31-15-14-27)24(29)25-12-10-18(11-13-25)26-21-5-3-2-4-17(21)6-9-23(26)28/h2-5,7-8,16,18,27H,6,9-15H2,1H3. The van der Waals surface area contributed by atoms with Crippen LogP contribution in [0.4, 0.5) is 5.69 Å². The highest BCUT2D eigenvalue weighted by Gasteiger charge is 2.34. The van der Waals surface area contributed by atoms with Gasteiger partial charge in [0.15, 0.2) is 0 Å². The smallest absolute Gasteiger partial charge is 0.257 e. The SMILES string of the molecule is COc1ccc(C(=O)N2CCC(N3C(=O)CCc4ccccc43)CC2)c(OCCO)c1. The van der Waals surface area contributed by atoms with Gasteiger partial charge in [-0.2, -0.15) is 0 Å². The molecule has 1 N–H and O–H groups in total. The van der Waals surface area contributed by atoms with Crippen LogP contribution >= 0.6 is 0 Å². The molecule has 1 saturated heterocycles. The molecular weight excluding hydrogens is 396 g/mol. The van der Waals surface area contributed by atoms with Crippen LogP contribution in [0.25, 0.3) is 0 Å². The Balaban J connectivity index is 1.47. The molecule has 0 spiro atoms. The molecule has 0 radical (unpaired) electrons. The number of carbonyl (C=O) groups excluding carboxylic acids is 2. The van der Waals surface area contributed by atoms with Crippen molar-refractivity contribution in [2.75, 3.05) is 38.3 Å². The van der Waals surface area contributed by atoms with E-state index in [1.807, 2.05) is 28.0 Å². The molecule has 2 aromatic rings. The summed E-state index contributed by atoms with van der Waals surface area (Å²) in [4.78, 5) is 29.6. The fraction of sp³-hybridized carbons (Fsp3) is 0.417. The van der Waals surface area contributed by atoms with Crippen LogP contribution in [0, 0.1) is 0 Å². The van der Waals surface area contributed by atoms with Gasteiger partial charge >= 0.3 is 0 Å². The highest BCUT2D eigenvalue weighted by molar-refractivity contribution is 5.98. The average Bonchev–Trinajstić information content (AvgIpc) is 2.82. The molecule has 164 valence electrons. The Morgan fingerprint density at radius 1 is 1.13 bits per heavy atom. The normalized spacial score (nSPS) is 16.8. The van der Waals surface area contributed by atoms with Crippen LogP contribution in [0.2, 0.25) is 0 Å². The zero-order chi connectivity index (χ0) is 21.8. The van der Waals surface area contributed by atoms with Gasteiger partial charge in [0.2, 0.25) is 5.91 Å². The molecule has 0 unspecified atom stereocenters. The van der Waals surface area contributed by atoms with Crippen LogP contribution in [-0.4, -0.2) is 61.3 Å². The second kappa shape index (κ2) is 9.39. The van der Waals surface area contributed by atoms with Crippen LogP contribution in [0.1, 0.15) is 35.2 Å². The molecule has 2 heterocycles. The first-order valence-electron chi connectivity index (χ1n) is 10.7. The Kier molecular flexibility index (Phi) is 6.42. The molecule has 0 bridgehead atoms. The van der Waals surface area contributed by atoms with Crippen LogP contribution in [-0.2, 0) is 11.2 Å². The van der Waals surface area contributed by atoms with Crippen molar-refractivity contribution in [2.24, 2.45) is 0 Å². The van der Waals surface area contributed by atoms with Gasteiger partial charge in [0.25, 0.3) is 5.91 Å². The minimum atomic E-state index is -0.137. The molecule has 0 aromatic heterocycles. The number of aryl methyl sites for hydroxylation is 1. The lowest BCUT2D eigenvalue weighted by Gasteiger charge is -2.41. The zero-order valence-corrected chi connectivity index (χ0v) is 17.8. The largest absolute Gasteiger partial charge is 0.497 e. The summed E-state index contributed by atoms with van der Waals surface area (Å²) >= 11 is 0. The maximum absolute atomic E-state index is 13.2. The summed E-state index contributed by atoms with van der Waals surface area (Å²) in [6.45, 7) is 1.11. The highest BCUT2D eigenvalue weighted by atomic mass is 16.5. The van der Waals surface area contributed by atoms with E-state index in [0.29, 0.717) is 36.6 Å². The molecule has 2 aromatic carbocycles. The quantitative estimate of drug-likeness (QED) is 0.771. The lowest BCUT2D eigenvalue weighted by molar-refractivity contribution is -0.119. The summed E-state index contributed by atoms with van der Waals surface area (Å²) in [5.41, 5.74) is 2.68. The average molecular weight is 424 g/mol. The third kappa shape index (κ3) is 4.37. The number of fused-ring (bicyclic) bond motifs is 1. The van der Waals surface area contributed by atoms with Crippen LogP contribution in [0.3, 0.4) is 0 Å². The second-order valence-corrected chi connectivity index (χ2v) is 7.85. The zero-order valence-electron chi connectivity index (χ0n) is 17.8. The van der Waals surface area contributed by atoms with Gasteiger partial charge in [-0.25, -0.2) is 0 Å². The molecule has 2 aliphatic rings. The molecule has 2 aliphatic heterocycles. The molecule has 7 nitrogen and oxygen atoms in total. The number of aliphatic hydroxyl groups is 1. The molecule has 2 amide bonds. The summed E-state index contributed by atoms with van der Waals surface area (Å²) in [5, 5.41) is 9.09. The van der Waals surface area contributed by atoms with Crippen LogP contribution in [0.15, 0.2) is 42.5 Å². The lowest BCUT2D eigenvalue weighted by Crippen LogP contribution is -2.50. The van der Waals surface area contributed by atoms with Gasteiger partial charge in [-0.1, -0.05) is 18.2 Å². The first-order chi connectivity index (χ1) is 15.1. The number of piperidine rings is 1. The molecular formula is C24H28N2O5. The lowest BCUT2D eigenvalue weighted by atomic mass is 9.95. The molecule has 31 heavy (non-hydrogen) atoms. The van der Waals surface area contributed by atoms with Gasteiger partial charge in [-0.15, -0.1) is 0 Å². The summed E-state index contributed by atoms with van der Waals surface area (Å²) < 4.78 is 10.8. The number of methoxy groups -OCH3 is 1. The molecule has 0 aliphatic carbocycles. The van der Waals surface area contributed by atoms with Crippen molar-refractivity contribution in [2.45, 2.75) is 31.7 Å². The van der Waals surface area contributed by atoms with Gasteiger partial charge in [-0.3, -0.25) is 9.59 Å². The number of hydrogen-bond acceptors (Lipinski definition) is 5. The van der Waals surface area contributed by atoms with E-state index in [2.05, 4.69) is 6.07 Å². The summed E-state index contributed by atoms with van der Waals surface area (Å²) in [5.74, 6) is 1.05. The second-order valence-electron chi connectivity index (χ2n) is 7.85. The number of ether oxygens (including phenoxy) is 2. The van der Waals surface area contributed by atoms with Crippen LogP contribution < -0.4 is 14.4 Å². The monoisotopic (exact) mass is 424 g/mol. The number of para-hydroxylation sites is 1. The van der Waals surface area contributed by atoms with E-state index in [9.17, 15) is 9.59 Å². The van der Waals surface area contributed by atoms with Crippen LogP contribution in [0.5, 0.6) is 11.5 Å². The number of benzene rings is 2. The fourth-order valence-corrected chi connectivity index (χ4v) is 4.43. The summed E-state index contributed by atoms with van der Waals surface area (Å²) in [6.07, 6.45) is 2.79. The Hall–Kier alpha value is -3.06. The van der Waals surface area contributed by atoms with Crippen molar-refractivity contribution in [3.05, 3.63) is 53.6 Å². The van der Waals surface area contributed by atoms with E-state index in [-0.39, 0.29) is 31.1 Å². The molecule has 0 atom stereocenters. The van der Waals surface area contributed by atoms with E-state index in [1.54, 1.807) is 25.3 Å². The number of nitrogens with zero attached hydrogens (tertiary/aromatic N) is 2. The maximum Gasteiger partial charge on any atom is 0.257 e. The van der Waals surface area contributed by atoms with Crippen molar-refractivity contribution in [1.82, 2.24) is 4.90 Å². The van der Waals surface area contributed by atoms with E-state index in [4.69, 9.17) is 14.6 Å². The summed E-state index contributed by atoms with van der Waals surface area (Å²) in [6, 6.07) is 13.3. The Bertz CT molecular complexity index is 953. The predicted molar refractivity (Wildman–Crippen MR) is 117 cm³/mol. The van der Waals surface area contributed by atoms with Gasteiger partial charge in [0.1, 0.15) is 18.1 Å². The van der Waals surface area contributed by atoms with Gasteiger partial charge in [-0.05, 0) is 43.0 Å². The minimum Gasteiger partial charge on any atom is -0.497 e. The number of likely N-dealkylation sites (tertiary alicyclic amines) is 1. The predicted octanol–water partition coefficient (Wildman–Crippen LogP) is 2.65. The van der Waals surface area contributed by atoms with E-state index in [0.717, 1.165) is 24.9 Å². The number of anilines is 1. The van der Waals surface area contributed by atoms with E-state index >= 15 is 0 Å². The number of aliphatic hydroxyl groups excluding tert-OH is 1. The Labute approximate surface area is 182 Å². The van der Waals surface area contributed by atoms with Crippen molar-refractivity contribution in [1.29, 1.82) is 0 Å². The first kappa shape index (κ1) is 21.2. The third-order valence-electron chi connectivity index (χ3n) is 6.01. The van der Waals surface area contributed by atoms with Gasteiger partial charge in [0.05, 0.1) is 19.3 Å². The number of amides is 2. The minimum absolute atomic E-state index is 0.0963. The van der Waals surface area contributed by atoms with Crippen molar-refractivity contribution in [3.8, 4) is 11.5 Å². The number of carbonyl (C=O) groups is 2. The topological polar surface area (TPSA) is 79.3 Å². The Morgan fingerprint density at radius 2 is 1.90 bits per heavy atom. The van der Waals surface area contributed by atoms with Crippen molar-refractivity contribution < 1.29 is 24.2 Å². The highest BCUT2D eigenvalue weighted by Crippen LogP contribution is 2.33. The molecule has 7 heteroatoms. The number of hydrogen-bond donors (Lipinski definition) is 1. The van der Waals surface area contributed by atoms with E-state index < -0.39 is 0 Å². The Morgan fingerprint density at radius 3 is 2.65 bits per heavy atom. The third-order valence-corrected chi connectivity index (χ3v) is 6.01. The first-order valence-corrected chi connectivity index (χ1v) is 10.7. The molecule has 0 saturated carbocycles. The fourth-order valence-electron chi connectivity index (χ4n) is 4.43. The van der Waals surface area contributed by atoms with Crippen molar-refractivity contribution >= 4 is 17.5 Å². The van der Waals surface area contributed by atoms with Gasteiger partial charge < -0.3 is 24.4 Å². The summed E-state index contributed by atoms with van der Waals surface area (Å²) in [7, 11) is 1.55. The number of rotatable bonds is 6. The maximum atomic E-state index is 13.2. The van der Waals surface area contributed by atoms with E-state index in [1.165, 1.54) is 5.56 Å². The molecule has 4 rings (SSSR count). The van der Waals surface area contributed by atoms with Crippen molar-refractivity contribution in [3.63, 3.8) is 0 Å².